The lowest BCUT2D eigenvalue weighted by molar-refractivity contribution is 0.283. The Morgan fingerprint density at radius 2 is 2.00 bits per heavy atom. The van der Waals surface area contributed by atoms with E-state index >= 15 is 0 Å². The molecule has 0 atom stereocenters. The maximum Gasteiger partial charge on any atom is 0.279 e. The van der Waals surface area contributed by atoms with Gasteiger partial charge in [0.25, 0.3) is 5.56 Å². The van der Waals surface area contributed by atoms with Crippen LogP contribution < -0.4 is 11.4 Å². The minimum atomic E-state index is -0.210. The van der Waals surface area contributed by atoms with E-state index in [2.05, 4.69) is 4.98 Å². The van der Waals surface area contributed by atoms with E-state index in [0.717, 1.165) is 23.9 Å². The van der Waals surface area contributed by atoms with Gasteiger partial charge in [0.05, 0.1) is 10.9 Å². The quantitative estimate of drug-likeness (QED) is 0.605. The first-order chi connectivity index (χ1) is 8.74. The first-order valence-electron chi connectivity index (χ1n) is 6.10. The molecule has 1 aromatic heterocycles. The number of aromatic nitrogens is 2. The Morgan fingerprint density at radius 1 is 1.22 bits per heavy atom. The zero-order valence-electron chi connectivity index (χ0n) is 10.2. The molecule has 0 amide bonds. The fraction of sp³-hybridized carbons (Fsp3) is 0.385. The van der Waals surface area contributed by atoms with Gasteiger partial charge in [-0.05, 0) is 25.0 Å². The van der Waals surface area contributed by atoms with Gasteiger partial charge in [-0.25, -0.2) is 9.66 Å². The third-order valence-corrected chi connectivity index (χ3v) is 2.94. The zero-order chi connectivity index (χ0) is 13.0. The summed E-state index contributed by atoms with van der Waals surface area (Å²) in [5, 5.41) is 9.25. The van der Waals surface area contributed by atoms with Gasteiger partial charge in [0.1, 0.15) is 5.82 Å². The van der Waals surface area contributed by atoms with Crippen molar-refractivity contribution in [1.29, 1.82) is 0 Å². The van der Waals surface area contributed by atoms with E-state index in [-0.39, 0.29) is 12.2 Å². The molecule has 1 aromatic carbocycles. The predicted octanol–water partition coefficient (Wildman–Crippen LogP) is 0.815. The van der Waals surface area contributed by atoms with Crippen molar-refractivity contribution in [2.45, 2.75) is 25.7 Å². The summed E-state index contributed by atoms with van der Waals surface area (Å²) in [6.45, 7) is 0.195. The van der Waals surface area contributed by atoms with Crippen LogP contribution in [0.1, 0.15) is 25.1 Å². The third-order valence-electron chi connectivity index (χ3n) is 2.94. The van der Waals surface area contributed by atoms with E-state index in [1.165, 1.54) is 0 Å². The van der Waals surface area contributed by atoms with E-state index in [0.29, 0.717) is 23.1 Å². The van der Waals surface area contributed by atoms with Crippen molar-refractivity contribution in [3.8, 4) is 0 Å². The first-order valence-corrected chi connectivity index (χ1v) is 6.10. The molecule has 0 aliphatic rings. The average Bonchev–Trinajstić information content (AvgIpc) is 2.40. The van der Waals surface area contributed by atoms with Crippen LogP contribution in [0, 0.1) is 0 Å². The fourth-order valence-electron chi connectivity index (χ4n) is 1.94. The van der Waals surface area contributed by atoms with Crippen molar-refractivity contribution in [3.63, 3.8) is 0 Å². The number of nitrogen functional groups attached to an aromatic ring is 1. The summed E-state index contributed by atoms with van der Waals surface area (Å²) in [6, 6.07) is 7.19. The molecule has 5 heteroatoms. The highest BCUT2D eigenvalue weighted by Crippen LogP contribution is 2.08. The molecule has 0 radical (unpaired) electrons. The number of fused-ring (bicyclic) bond motifs is 1. The van der Waals surface area contributed by atoms with Crippen molar-refractivity contribution in [2.24, 2.45) is 0 Å². The second-order valence-electron chi connectivity index (χ2n) is 4.25. The van der Waals surface area contributed by atoms with E-state index in [1.807, 2.05) is 12.1 Å². The minimum Gasteiger partial charge on any atom is -0.396 e. The number of nitrogens with zero attached hydrogens (tertiary/aromatic N) is 2. The number of aliphatic hydroxyl groups is 1. The summed E-state index contributed by atoms with van der Waals surface area (Å²) in [6.07, 6.45) is 3.18. The summed E-state index contributed by atoms with van der Waals surface area (Å²) in [5.74, 6) is 6.35. The van der Waals surface area contributed by atoms with Gasteiger partial charge in [-0.1, -0.05) is 18.6 Å². The van der Waals surface area contributed by atoms with E-state index in [9.17, 15) is 4.79 Å². The van der Waals surface area contributed by atoms with Crippen molar-refractivity contribution in [2.75, 3.05) is 12.4 Å². The molecule has 2 aromatic rings. The Labute approximate surface area is 105 Å². The van der Waals surface area contributed by atoms with Gasteiger partial charge in [0.15, 0.2) is 0 Å². The van der Waals surface area contributed by atoms with Crippen LogP contribution in [0.25, 0.3) is 10.9 Å². The van der Waals surface area contributed by atoms with Crippen LogP contribution in [-0.2, 0) is 6.42 Å². The van der Waals surface area contributed by atoms with Gasteiger partial charge in [0, 0.05) is 13.0 Å². The van der Waals surface area contributed by atoms with Gasteiger partial charge in [-0.3, -0.25) is 4.79 Å². The topological polar surface area (TPSA) is 81.1 Å². The Morgan fingerprint density at radius 3 is 2.78 bits per heavy atom. The molecule has 5 nitrogen and oxygen atoms in total. The summed E-state index contributed by atoms with van der Waals surface area (Å²) in [5.41, 5.74) is 0.471. The molecule has 0 bridgehead atoms. The minimum absolute atomic E-state index is 0.195. The number of hydrogen-bond acceptors (Lipinski definition) is 4. The molecule has 2 rings (SSSR count). The first kappa shape index (κ1) is 12.6. The highest BCUT2D eigenvalue weighted by atomic mass is 16.2. The van der Waals surface area contributed by atoms with Crippen LogP contribution in [0.4, 0.5) is 0 Å². The molecule has 0 saturated carbocycles. The summed E-state index contributed by atoms with van der Waals surface area (Å²) in [7, 11) is 0. The molecule has 18 heavy (non-hydrogen) atoms. The van der Waals surface area contributed by atoms with Gasteiger partial charge in [-0.2, -0.15) is 0 Å². The maximum atomic E-state index is 12.0. The van der Waals surface area contributed by atoms with Gasteiger partial charge in [-0.15, -0.1) is 0 Å². The predicted molar refractivity (Wildman–Crippen MR) is 70.8 cm³/mol. The Kier molecular flexibility index (Phi) is 3.94. The number of hydrogen-bond donors (Lipinski definition) is 2. The molecule has 0 aliphatic carbocycles. The summed E-state index contributed by atoms with van der Waals surface area (Å²) in [4.78, 5) is 16.4. The second-order valence-corrected chi connectivity index (χ2v) is 4.25. The number of unbranched alkanes of at least 4 members (excludes halogenated alkanes) is 2. The Balaban J connectivity index is 2.28. The van der Waals surface area contributed by atoms with E-state index < -0.39 is 0 Å². The lowest BCUT2D eigenvalue weighted by atomic mass is 10.2. The normalized spacial score (nSPS) is 10.9. The number of nitrogens with two attached hydrogens (primary N) is 1. The van der Waals surface area contributed by atoms with Crippen LogP contribution in [0.3, 0.4) is 0 Å². The third kappa shape index (κ3) is 2.51. The number of aliphatic hydroxyl groups excluding tert-OH is 1. The number of benzene rings is 1. The monoisotopic (exact) mass is 247 g/mol. The van der Waals surface area contributed by atoms with Crippen molar-refractivity contribution in [3.05, 3.63) is 40.4 Å². The molecule has 0 fully saturated rings. The summed E-state index contributed by atoms with van der Waals surface area (Å²) >= 11 is 0. The molecule has 0 aliphatic heterocycles. The lowest BCUT2D eigenvalue weighted by Crippen LogP contribution is -2.31. The average molecular weight is 247 g/mol. The van der Waals surface area contributed by atoms with Crippen molar-refractivity contribution < 1.29 is 5.11 Å². The molecule has 0 unspecified atom stereocenters. The van der Waals surface area contributed by atoms with Crippen LogP contribution >= 0.6 is 0 Å². The fourth-order valence-corrected chi connectivity index (χ4v) is 1.94. The zero-order valence-corrected chi connectivity index (χ0v) is 10.2. The Bertz CT molecular complexity index is 592. The largest absolute Gasteiger partial charge is 0.396 e. The standard InChI is InChI=1S/C13H17N3O2/c14-16-12(8-2-1-5-9-17)15-11-7-4-3-6-10(11)13(16)18/h3-4,6-7,17H,1-2,5,8-9,14H2. The van der Waals surface area contributed by atoms with Gasteiger partial charge >= 0.3 is 0 Å². The molecule has 0 spiro atoms. The van der Waals surface area contributed by atoms with Crippen LogP contribution in [0.15, 0.2) is 29.1 Å². The smallest absolute Gasteiger partial charge is 0.279 e. The highest BCUT2D eigenvalue weighted by molar-refractivity contribution is 5.77. The molecular weight excluding hydrogens is 230 g/mol. The molecule has 96 valence electrons. The number of aryl methyl sites for hydroxylation is 1. The van der Waals surface area contributed by atoms with E-state index in [4.69, 9.17) is 10.9 Å². The van der Waals surface area contributed by atoms with Gasteiger partial charge < -0.3 is 10.9 Å². The lowest BCUT2D eigenvalue weighted by Gasteiger charge is -2.08. The SMILES string of the molecule is Nn1c(CCCCCO)nc2ccccc2c1=O. The highest BCUT2D eigenvalue weighted by Gasteiger charge is 2.07. The van der Waals surface area contributed by atoms with Crippen LogP contribution in [0.5, 0.6) is 0 Å². The Hall–Kier alpha value is -1.88. The van der Waals surface area contributed by atoms with Gasteiger partial charge in [0.2, 0.25) is 0 Å². The maximum absolute atomic E-state index is 12.0. The summed E-state index contributed by atoms with van der Waals surface area (Å²) < 4.78 is 1.13. The second kappa shape index (κ2) is 5.64. The molecule has 0 saturated heterocycles. The molecule has 3 N–H and O–H groups in total. The van der Waals surface area contributed by atoms with Crippen LogP contribution in [0.2, 0.25) is 0 Å². The number of rotatable bonds is 5. The van der Waals surface area contributed by atoms with Crippen molar-refractivity contribution >= 4 is 10.9 Å². The van der Waals surface area contributed by atoms with Crippen molar-refractivity contribution in [1.82, 2.24) is 9.66 Å². The van der Waals surface area contributed by atoms with E-state index in [1.54, 1.807) is 12.1 Å². The molecular formula is C13H17N3O2. The van der Waals surface area contributed by atoms with Crippen LogP contribution in [-0.4, -0.2) is 21.4 Å². The molecule has 1 heterocycles. The number of para-hydroxylation sites is 1.